The number of anilines is 3. The molecule has 2 heterocycles. The lowest BCUT2D eigenvalue weighted by Gasteiger charge is -2.38. The van der Waals surface area contributed by atoms with Gasteiger partial charge in [0.1, 0.15) is 5.75 Å². The molecule has 2 aliphatic rings. The normalized spacial score (nSPS) is 16.0. The van der Waals surface area contributed by atoms with Crippen molar-refractivity contribution in [1.29, 1.82) is 0 Å². The molecule has 3 aromatic rings. The topological polar surface area (TPSA) is 86.4 Å². The zero-order chi connectivity index (χ0) is 31.1. The summed E-state index contributed by atoms with van der Waals surface area (Å²) in [4.78, 5) is 33.0. The van der Waals surface area contributed by atoms with E-state index in [0.29, 0.717) is 63.7 Å². The monoisotopic (exact) mass is 611 g/mol. The maximum Gasteiger partial charge on any atom is 0.416 e. The van der Waals surface area contributed by atoms with Crippen molar-refractivity contribution in [2.75, 3.05) is 87.8 Å². The molecule has 5 rings (SSSR count). The molecule has 2 amide bonds. The molecular formula is C32H36F3N5O4. The van der Waals surface area contributed by atoms with E-state index in [0.717, 1.165) is 54.5 Å². The molecule has 44 heavy (non-hydrogen) atoms. The average molecular weight is 612 g/mol. The van der Waals surface area contributed by atoms with E-state index in [-0.39, 0.29) is 11.5 Å². The van der Waals surface area contributed by atoms with Gasteiger partial charge < -0.3 is 29.9 Å². The highest BCUT2D eigenvalue weighted by atomic mass is 19.4. The number of para-hydroxylation sites is 2. The quantitative estimate of drug-likeness (QED) is 0.372. The molecule has 2 N–H and O–H groups in total. The van der Waals surface area contributed by atoms with Crippen LogP contribution in [0.2, 0.25) is 0 Å². The van der Waals surface area contributed by atoms with E-state index in [1.54, 1.807) is 25.3 Å². The summed E-state index contributed by atoms with van der Waals surface area (Å²) in [6, 6.07) is 17.0. The third kappa shape index (κ3) is 7.61. The number of nitrogens with one attached hydrogen (secondary N) is 2. The molecule has 2 aliphatic heterocycles. The highest BCUT2D eigenvalue weighted by molar-refractivity contribution is 6.06. The van der Waals surface area contributed by atoms with Crippen molar-refractivity contribution < 1.29 is 32.2 Å². The number of benzene rings is 3. The van der Waals surface area contributed by atoms with Gasteiger partial charge in [-0.25, -0.2) is 0 Å². The standard InChI is InChI=1S/C32H36F3N5O4/c1-43-29-5-3-2-4-28(29)40-16-14-39(15-17-40)27-11-10-25(37-30(41)23-6-8-24(9-7-23)32(33,34)35)22-26(27)31(42)36-12-13-38-18-20-44-21-19-38/h2-11,22H,12-21H2,1H3,(H,36,42)(H,37,41). The number of methoxy groups -OCH3 is 1. The lowest BCUT2D eigenvalue weighted by atomic mass is 10.1. The zero-order valence-electron chi connectivity index (χ0n) is 24.5. The van der Waals surface area contributed by atoms with Crippen LogP contribution in [0.25, 0.3) is 0 Å². The second kappa shape index (κ2) is 14.0. The van der Waals surface area contributed by atoms with Crippen LogP contribution in [0.5, 0.6) is 5.75 Å². The third-order valence-electron chi connectivity index (χ3n) is 7.84. The van der Waals surface area contributed by atoms with Gasteiger partial charge in [-0.05, 0) is 54.6 Å². The smallest absolute Gasteiger partial charge is 0.416 e. The fourth-order valence-electron chi connectivity index (χ4n) is 5.41. The van der Waals surface area contributed by atoms with E-state index >= 15 is 0 Å². The minimum absolute atomic E-state index is 0.0750. The highest BCUT2D eigenvalue weighted by Crippen LogP contribution is 2.32. The van der Waals surface area contributed by atoms with Crippen LogP contribution in [0.4, 0.5) is 30.2 Å². The van der Waals surface area contributed by atoms with Crippen LogP contribution < -0.4 is 25.2 Å². The van der Waals surface area contributed by atoms with Gasteiger partial charge in [0.05, 0.1) is 37.1 Å². The molecule has 0 saturated carbocycles. The second-order valence-corrected chi connectivity index (χ2v) is 10.6. The summed E-state index contributed by atoms with van der Waals surface area (Å²) < 4.78 is 49.8. The molecule has 0 unspecified atom stereocenters. The molecular weight excluding hydrogens is 575 g/mol. The Morgan fingerprint density at radius 1 is 0.841 bits per heavy atom. The first-order valence-electron chi connectivity index (χ1n) is 14.6. The molecule has 0 spiro atoms. The van der Waals surface area contributed by atoms with Gasteiger partial charge in [-0.3, -0.25) is 14.5 Å². The summed E-state index contributed by atoms with van der Waals surface area (Å²) in [5.41, 5.74) is 1.76. The first-order valence-corrected chi connectivity index (χ1v) is 14.6. The number of rotatable bonds is 9. The summed E-state index contributed by atoms with van der Waals surface area (Å²) in [7, 11) is 1.65. The van der Waals surface area contributed by atoms with Crippen molar-refractivity contribution >= 4 is 28.9 Å². The number of piperazine rings is 1. The minimum atomic E-state index is -4.49. The molecule has 0 aromatic heterocycles. The third-order valence-corrected chi connectivity index (χ3v) is 7.84. The van der Waals surface area contributed by atoms with Gasteiger partial charge in [-0.1, -0.05) is 12.1 Å². The number of hydrogen-bond acceptors (Lipinski definition) is 7. The number of halogens is 3. The van der Waals surface area contributed by atoms with Crippen LogP contribution in [0.15, 0.2) is 66.7 Å². The van der Waals surface area contributed by atoms with Gasteiger partial charge in [-0.2, -0.15) is 13.2 Å². The van der Waals surface area contributed by atoms with Crippen molar-refractivity contribution in [2.45, 2.75) is 6.18 Å². The lowest BCUT2D eigenvalue weighted by molar-refractivity contribution is -0.137. The summed E-state index contributed by atoms with van der Waals surface area (Å²) >= 11 is 0. The molecule has 0 bridgehead atoms. The Morgan fingerprint density at radius 2 is 1.50 bits per heavy atom. The average Bonchev–Trinajstić information content (AvgIpc) is 3.05. The maximum atomic E-state index is 13.5. The van der Waals surface area contributed by atoms with Crippen LogP contribution in [-0.2, 0) is 10.9 Å². The maximum absolute atomic E-state index is 13.5. The first kappa shape index (κ1) is 31.1. The second-order valence-electron chi connectivity index (χ2n) is 10.6. The van der Waals surface area contributed by atoms with Gasteiger partial charge in [0.2, 0.25) is 0 Å². The van der Waals surface area contributed by atoms with Crippen LogP contribution in [-0.4, -0.2) is 89.4 Å². The van der Waals surface area contributed by atoms with Crippen molar-refractivity contribution in [2.24, 2.45) is 0 Å². The largest absolute Gasteiger partial charge is 0.495 e. The number of nitrogens with zero attached hydrogens (tertiary/aromatic N) is 3. The Labute approximate surface area is 254 Å². The number of alkyl halides is 3. The molecule has 234 valence electrons. The SMILES string of the molecule is COc1ccccc1N1CCN(c2ccc(NC(=O)c3ccc(C(F)(F)F)cc3)cc2C(=O)NCCN2CCOCC2)CC1. The van der Waals surface area contributed by atoms with Crippen LogP contribution >= 0.6 is 0 Å². The van der Waals surface area contributed by atoms with E-state index in [4.69, 9.17) is 9.47 Å². The fraction of sp³-hybridized carbons (Fsp3) is 0.375. The Hall–Kier alpha value is -4.29. The van der Waals surface area contributed by atoms with Crippen LogP contribution in [0.1, 0.15) is 26.3 Å². The van der Waals surface area contributed by atoms with Crippen molar-refractivity contribution in [1.82, 2.24) is 10.2 Å². The highest BCUT2D eigenvalue weighted by Gasteiger charge is 2.30. The van der Waals surface area contributed by atoms with E-state index in [9.17, 15) is 22.8 Å². The minimum Gasteiger partial charge on any atom is -0.495 e. The van der Waals surface area contributed by atoms with E-state index in [2.05, 4.69) is 25.3 Å². The van der Waals surface area contributed by atoms with E-state index < -0.39 is 17.6 Å². The predicted molar refractivity (Wildman–Crippen MR) is 163 cm³/mol. The number of hydrogen-bond donors (Lipinski definition) is 2. The summed E-state index contributed by atoms with van der Waals surface area (Å²) in [5.74, 6) is -0.0453. The Morgan fingerprint density at radius 3 is 2.16 bits per heavy atom. The van der Waals surface area contributed by atoms with Gasteiger partial charge >= 0.3 is 6.18 Å². The van der Waals surface area contributed by atoms with Gasteiger partial charge in [0.25, 0.3) is 11.8 Å². The number of carbonyl (C=O) groups is 2. The van der Waals surface area contributed by atoms with E-state index in [1.165, 1.54) is 0 Å². The Balaban J connectivity index is 1.31. The molecule has 2 saturated heterocycles. The van der Waals surface area contributed by atoms with Crippen molar-refractivity contribution in [3.8, 4) is 5.75 Å². The first-order chi connectivity index (χ1) is 21.2. The van der Waals surface area contributed by atoms with Crippen molar-refractivity contribution in [3.63, 3.8) is 0 Å². The number of amides is 2. The van der Waals surface area contributed by atoms with E-state index in [1.807, 2.05) is 24.3 Å². The fourth-order valence-corrected chi connectivity index (χ4v) is 5.41. The zero-order valence-corrected chi connectivity index (χ0v) is 24.5. The molecule has 3 aromatic carbocycles. The summed E-state index contributed by atoms with van der Waals surface area (Å²) in [5, 5.41) is 5.74. The molecule has 0 atom stereocenters. The van der Waals surface area contributed by atoms with Gasteiger partial charge in [0, 0.05) is 69.3 Å². The number of morpholine rings is 1. The number of ether oxygens (including phenoxy) is 2. The Kier molecular flexibility index (Phi) is 9.91. The molecule has 2 fully saturated rings. The van der Waals surface area contributed by atoms with Gasteiger partial charge in [-0.15, -0.1) is 0 Å². The number of carbonyl (C=O) groups excluding carboxylic acids is 2. The van der Waals surface area contributed by atoms with Crippen molar-refractivity contribution in [3.05, 3.63) is 83.4 Å². The van der Waals surface area contributed by atoms with Crippen LogP contribution in [0, 0.1) is 0 Å². The van der Waals surface area contributed by atoms with Crippen LogP contribution in [0.3, 0.4) is 0 Å². The molecule has 0 radical (unpaired) electrons. The summed E-state index contributed by atoms with van der Waals surface area (Å²) in [6.07, 6.45) is -4.49. The molecule has 12 heteroatoms. The summed E-state index contributed by atoms with van der Waals surface area (Å²) in [6.45, 7) is 6.82. The molecule has 0 aliphatic carbocycles. The predicted octanol–water partition coefficient (Wildman–Crippen LogP) is 4.35. The van der Waals surface area contributed by atoms with Gasteiger partial charge in [0.15, 0.2) is 0 Å². The lowest BCUT2D eigenvalue weighted by Crippen LogP contribution is -2.47. The Bertz CT molecular complexity index is 1440. The molecule has 9 nitrogen and oxygen atoms in total.